The minimum atomic E-state index is 0.656. The second kappa shape index (κ2) is 5.96. The first-order valence-electron chi connectivity index (χ1n) is 7.54. The van der Waals surface area contributed by atoms with Crippen molar-refractivity contribution in [2.75, 3.05) is 0 Å². The molecule has 0 aliphatic heterocycles. The average molecular weight is 332 g/mol. The lowest BCUT2D eigenvalue weighted by atomic mass is 9.97. The molecule has 22 heavy (non-hydrogen) atoms. The number of aryl methyl sites for hydroxylation is 3. The summed E-state index contributed by atoms with van der Waals surface area (Å²) in [4.78, 5) is 15.9. The van der Waals surface area contributed by atoms with Crippen LogP contribution in [0.5, 0.6) is 0 Å². The third-order valence-electron chi connectivity index (χ3n) is 3.88. The molecule has 0 saturated heterocycles. The van der Waals surface area contributed by atoms with Crippen LogP contribution in [-0.4, -0.2) is 20.1 Å². The number of thioether (sulfide) groups is 1. The van der Waals surface area contributed by atoms with Crippen molar-refractivity contribution in [2.24, 2.45) is 0 Å². The highest BCUT2D eigenvalue weighted by Crippen LogP contribution is 2.39. The lowest BCUT2D eigenvalue weighted by Gasteiger charge is -2.11. The summed E-state index contributed by atoms with van der Waals surface area (Å²) in [5.74, 6) is 2.08. The van der Waals surface area contributed by atoms with Crippen LogP contribution in [0.1, 0.15) is 41.9 Å². The van der Waals surface area contributed by atoms with E-state index in [1.807, 2.05) is 18.3 Å². The zero-order valence-electron chi connectivity index (χ0n) is 12.3. The monoisotopic (exact) mass is 332 g/mol. The average Bonchev–Trinajstić information content (AvgIpc) is 3.17. The summed E-state index contributed by atoms with van der Waals surface area (Å²) in [5, 5.41) is 6.23. The van der Waals surface area contributed by atoms with Gasteiger partial charge in [-0.3, -0.25) is 0 Å². The van der Waals surface area contributed by atoms with E-state index in [1.165, 1.54) is 35.1 Å². The van der Waals surface area contributed by atoms with Crippen LogP contribution in [0.2, 0.25) is 0 Å². The molecule has 3 heterocycles. The second-order valence-electron chi connectivity index (χ2n) is 5.32. The molecular weight excluding hydrogens is 316 g/mol. The zero-order valence-corrected chi connectivity index (χ0v) is 14.0. The Bertz CT molecular complexity index is 811. The molecule has 0 spiro atoms. The highest BCUT2D eigenvalue weighted by molar-refractivity contribution is 7.98. The number of hydrogen-bond acceptors (Lipinski definition) is 7. The Labute approximate surface area is 136 Å². The molecular formula is C15H16N4OS2. The molecule has 3 aromatic rings. The van der Waals surface area contributed by atoms with E-state index in [1.54, 1.807) is 18.1 Å². The molecule has 0 atom stereocenters. The molecule has 4 rings (SSSR count). The lowest BCUT2D eigenvalue weighted by molar-refractivity contribution is 0.385. The third-order valence-corrected chi connectivity index (χ3v) is 6.05. The topological polar surface area (TPSA) is 64.7 Å². The molecule has 0 N–H and O–H groups in total. The number of aromatic nitrogens is 4. The first-order chi connectivity index (χ1) is 10.8. The fraction of sp³-hybridized carbons (Fsp3) is 0.467. The standard InChI is InChI=1S/C15H16N4OS2/c1-2-11-18-12(20-19-11)7-21-14-13-9-5-3-4-6-10(9)22-15(13)17-8-16-14/h8H,2-7H2,1H3. The minimum Gasteiger partial charge on any atom is -0.338 e. The number of hydrogen-bond donors (Lipinski definition) is 0. The van der Waals surface area contributed by atoms with Crippen molar-refractivity contribution in [3.05, 3.63) is 28.5 Å². The van der Waals surface area contributed by atoms with Gasteiger partial charge in [0, 0.05) is 16.7 Å². The van der Waals surface area contributed by atoms with E-state index in [0.717, 1.165) is 28.5 Å². The number of thiophene rings is 1. The van der Waals surface area contributed by atoms with Crippen molar-refractivity contribution in [3.63, 3.8) is 0 Å². The van der Waals surface area contributed by atoms with Crippen molar-refractivity contribution in [1.82, 2.24) is 20.1 Å². The highest BCUT2D eigenvalue weighted by atomic mass is 32.2. The van der Waals surface area contributed by atoms with Gasteiger partial charge in [-0.1, -0.05) is 23.8 Å². The van der Waals surface area contributed by atoms with Crippen LogP contribution in [0.25, 0.3) is 10.2 Å². The normalized spacial score (nSPS) is 14.4. The van der Waals surface area contributed by atoms with Gasteiger partial charge in [-0.25, -0.2) is 9.97 Å². The van der Waals surface area contributed by atoms with Gasteiger partial charge in [0.25, 0.3) is 0 Å². The number of nitrogens with zero attached hydrogens (tertiary/aromatic N) is 4. The molecule has 5 nitrogen and oxygen atoms in total. The van der Waals surface area contributed by atoms with Gasteiger partial charge >= 0.3 is 0 Å². The summed E-state index contributed by atoms with van der Waals surface area (Å²) in [6.45, 7) is 2.02. The van der Waals surface area contributed by atoms with Crippen molar-refractivity contribution in [1.29, 1.82) is 0 Å². The Morgan fingerprint density at radius 3 is 3.05 bits per heavy atom. The van der Waals surface area contributed by atoms with Crippen molar-refractivity contribution in [3.8, 4) is 0 Å². The van der Waals surface area contributed by atoms with Crippen molar-refractivity contribution < 1.29 is 4.52 Å². The molecule has 1 aliphatic carbocycles. The van der Waals surface area contributed by atoms with E-state index in [4.69, 9.17) is 4.52 Å². The van der Waals surface area contributed by atoms with E-state index >= 15 is 0 Å². The van der Waals surface area contributed by atoms with E-state index in [0.29, 0.717) is 11.6 Å². The van der Waals surface area contributed by atoms with Gasteiger partial charge in [0.1, 0.15) is 16.2 Å². The summed E-state index contributed by atoms with van der Waals surface area (Å²) < 4.78 is 5.26. The molecule has 0 saturated carbocycles. The summed E-state index contributed by atoms with van der Waals surface area (Å²) >= 11 is 3.49. The lowest BCUT2D eigenvalue weighted by Crippen LogP contribution is -1.99. The molecule has 114 valence electrons. The number of fused-ring (bicyclic) bond motifs is 3. The summed E-state index contributed by atoms with van der Waals surface area (Å²) in [5.41, 5.74) is 1.47. The molecule has 0 fully saturated rings. The van der Waals surface area contributed by atoms with Crippen LogP contribution in [0.3, 0.4) is 0 Å². The summed E-state index contributed by atoms with van der Waals surface area (Å²) in [6.07, 6.45) is 7.35. The van der Waals surface area contributed by atoms with Crippen LogP contribution in [0, 0.1) is 0 Å². The van der Waals surface area contributed by atoms with Crippen molar-refractivity contribution >= 4 is 33.3 Å². The van der Waals surface area contributed by atoms with Gasteiger partial charge in [0.2, 0.25) is 5.89 Å². The molecule has 3 aromatic heterocycles. The second-order valence-corrected chi connectivity index (χ2v) is 7.36. The SMILES string of the molecule is CCc1noc(CSc2ncnc3sc4c(c23)CCCC4)n1. The maximum absolute atomic E-state index is 5.26. The Morgan fingerprint density at radius 1 is 1.27 bits per heavy atom. The van der Waals surface area contributed by atoms with Crippen LogP contribution in [0.4, 0.5) is 0 Å². The molecule has 0 unspecified atom stereocenters. The van der Waals surface area contributed by atoms with Crippen LogP contribution in [0.15, 0.2) is 15.9 Å². The van der Waals surface area contributed by atoms with E-state index in [2.05, 4.69) is 20.1 Å². The maximum atomic E-state index is 5.26. The zero-order chi connectivity index (χ0) is 14.9. The maximum Gasteiger partial charge on any atom is 0.237 e. The van der Waals surface area contributed by atoms with E-state index < -0.39 is 0 Å². The minimum absolute atomic E-state index is 0.656. The van der Waals surface area contributed by atoms with E-state index in [-0.39, 0.29) is 0 Å². The first-order valence-corrected chi connectivity index (χ1v) is 9.35. The fourth-order valence-corrected chi connectivity index (χ4v) is 4.95. The Kier molecular flexibility index (Phi) is 3.83. The smallest absolute Gasteiger partial charge is 0.237 e. The third kappa shape index (κ3) is 2.52. The quantitative estimate of drug-likeness (QED) is 0.535. The van der Waals surface area contributed by atoms with Crippen LogP contribution < -0.4 is 0 Å². The molecule has 0 radical (unpaired) electrons. The van der Waals surface area contributed by atoms with Gasteiger partial charge < -0.3 is 4.52 Å². The predicted octanol–water partition coefficient (Wildman–Crippen LogP) is 3.81. The van der Waals surface area contributed by atoms with E-state index in [9.17, 15) is 0 Å². The summed E-state index contributed by atoms with van der Waals surface area (Å²) in [7, 11) is 0. The first kappa shape index (κ1) is 14.1. The van der Waals surface area contributed by atoms with Gasteiger partial charge in [-0.2, -0.15) is 4.98 Å². The fourth-order valence-electron chi connectivity index (χ4n) is 2.79. The van der Waals surface area contributed by atoms with Crippen LogP contribution in [-0.2, 0) is 25.0 Å². The molecule has 0 amide bonds. The Balaban J connectivity index is 1.64. The van der Waals surface area contributed by atoms with Gasteiger partial charge in [0.05, 0.1) is 5.75 Å². The van der Waals surface area contributed by atoms with Gasteiger partial charge in [-0.15, -0.1) is 11.3 Å². The number of rotatable bonds is 4. The van der Waals surface area contributed by atoms with Crippen molar-refractivity contribution in [2.45, 2.75) is 49.8 Å². The molecule has 0 bridgehead atoms. The molecule has 0 aromatic carbocycles. The Morgan fingerprint density at radius 2 is 2.18 bits per heavy atom. The Hall–Kier alpha value is -1.47. The summed E-state index contributed by atoms with van der Waals surface area (Å²) in [6, 6.07) is 0. The van der Waals surface area contributed by atoms with Gasteiger partial charge in [-0.05, 0) is 31.2 Å². The molecule has 1 aliphatic rings. The predicted molar refractivity (Wildman–Crippen MR) is 87.3 cm³/mol. The van der Waals surface area contributed by atoms with Gasteiger partial charge in [0.15, 0.2) is 5.82 Å². The molecule has 7 heteroatoms. The highest BCUT2D eigenvalue weighted by Gasteiger charge is 2.20. The van der Waals surface area contributed by atoms with Crippen LogP contribution >= 0.6 is 23.1 Å². The largest absolute Gasteiger partial charge is 0.338 e.